The Labute approximate surface area is 266 Å². The second-order valence-electron chi connectivity index (χ2n) is 10.9. The fourth-order valence-corrected chi connectivity index (χ4v) is 6.50. The quantitative estimate of drug-likeness (QED) is 0.0900. The minimum atomic E-state index is -0.686. The Kier molecular flexibility index (Phi) is 7.50. The van der Waals surface area contributed by atoms with Crippen molar-refractivity contribution in [2.75, 3.05) is 26.4 Å². The van der Waals surface area contributed by atoms with Gasteiger partial charge in [-0.25, -0.2) is 9.59 Å². The molecule has 0 saturated carbocycles. The van der Waals surface area contributed by atoms with E-state index >= 15 is 0 Å². The van der Waals surface area contributed by atoms with Crippen molar-refractivity contribution in [1.82, 2.24) is 0 Å². The van der Waals surface area contributed by atoms with E-state index in [0.717, 1.165) is 45.4 Å². The molecule has 2 aliphatic rings. The number of hydrogen-bond acceptors (Lipinski definition) is 7. The number of carbonyl (C=O) groups excluding carboxylic acids is 2. The highest BCUT2D eigenvalue weighted by Crippen LogP contribution is 2.63. The molecule has 5 aromatic rings. The van der Waals surface area contributed by atoms with E-state index in [1.807, 2.05) is 24.3 Å². The summed E-state index contributed by atoms with van der Waals surface area (Å²) in [7, 11) is 0. The molecule has 7 nitrogen and oxygen atoms in total. The van der Waals surface area contributed by atoms with Crippen molar-refractivity contribution in [3.8, 4) is 34.1 Å². The smallest absolute Gasteiger partial charge is 0.330 e. The summed E-state index contributed by atoms with van der Waals surface area (Å²) in [6, 6.07) is 33.2. The van der Waals surface area contributed by atoms with Crippen molar-refractivity contribution in [1.29, 1.82) is 0 Å². The number of ether oxygens (including phenoxy) is 5. The first-order valence-corrected chi connectivity index (χ1v) is 15.0. The maximum atomic E-state index is 11.5. The van der Waals surface area contributed by atoms with Gasteiger partial charge in [-0.1, -0.05) is 73.8 Å². The van der Waals surface area contributed by atoms with Gasteiger partial charge in [-0.2, -0.15) is 0 Å². The molecule has 7 rings (SSSR count). The number of hydrogen-bond donors (Lipinski definition) is 0. The lowest BCUT2D eigenvalue weighted by molar-refractivity contribution is -0.139. The summed E-state index contributed by atoms with van der Waals surface area (Å²) in [6.07, 6.45) is 2.24. The maximum Gasteiger partial charge on any atom is 0.330 e. The van der Waals surface area contributed by atoms with Crippen molar-refractivity contribution < 1.29 is 33.3 Å². The summed E-state index contributed by atoms with van der Waals surface area (Å²) in [5, 5.41) is 2.31. The molecule has 0 N–H and O–H groups in total. The second-order valence-corrected chi connectivity index (χ2v) is 10.9. The number of esters is 2. The molecule has 46 heavy (non-hydrogen) atoms. The van der Waals surface area contributed by atoms with Gasteiger partial charge in [0.2, 0.25) is 0 Å². The molecule has 0 atom stereocenters. The molecule has 0 fully saturated rings. The fourth-order valence-electron chi connectivity index (χ4n) is 6.50. The standard InChI is InChI=1S/C39H30O7/c1-3-37(40)44-19-17-42-27-13-15-32-35(23-27)46-36-24-28(43-18-20-45-38(41)4-2)14-16-33(36)39(32)31-12-8-7-11-29(31)30-21-25-9-5-6-10-26(25)22-34(30)39/h3-16,21-24H,1-2,17-20H2. The lowest BCUT2D eigenvalue weighted by atomic mass is 9.66. The van der Waals surface area contributed by atoms with Crippen LogP contribution in [-0.4, -0.2) is 38.4 Å². The third-order valence-electron chi connectivity index (χ3n) is 8.37. The predicted octanol–water partition coefficient (Wildman–Crippen LogP) is 7.52. The van der Waals surface area contributed by atoms with E-state index in [0.29, 0.717) is 23.0 Å². The Hall–Kier alpha value is -5.82. The molecule has 5 aromatic carbocycles. The summed E-state index contributed by atoms with van der Waals surface area (Å²) in [5.74, 6) is 1.43. The van der Waals surface area contributed by atoms with Crippen LogP contribution in [0.4, 0.5) is 0 Å². The zero-order valence-electron chi connectivity index (χ0n) is 25.0. The van der Waals surface area contributed by atoms with Crippen LogP contribution in [0.1, 0.15) is 22.3 Å². The van der Waals surface area contributed by atoms with Crippen LogP contribution in [0, 0.1) is 0 Å². The number of carbonyl (C=O) groups is 2. The van der Waals surface area contributed by atoms with Crippen LogP contribution in [0.25, 0.3) is 21.9 Å². The van der Waals surface area contributed by atoms with Gasteiger partial charge in [-0.15, -0.1) is 0 Å². The average Bonchev–Trinajstić information content (AvgIpc) is 3.36. The molecule has 0 aromatic heterocycles. The number of fused-ring (bicyclic) bond motifs is 10. The van der Waals surface area contributed by atoms with Crippen molar-refractivity contribution in [3.05, 3.63) is 145 Å². The molecule has 1 aliphatic carbocycles. The third kappa shape index (κ3) is 4.86. The molecule has 1 spiro atoms. The third-order valence-corrected chi connectivity index (χ3v) is 8.37. The molecule has 0 amide bonds. The monoisotopic (exact) mass is 610 g/mol. The molecule has 0 saturated heterocycles. The first-order chi connectivity index (χ1) is 22.5. The van der Waals surface area contributed by atoms with Crippen LogP contribution in [-0.2, 0) is 24.5 Å². The largest absolute Gasteiger partial charge is 0.490 e. The minimum absolute atomic E-state index is 0.0895. The van der Waals surface area contributed by atoms with E-state index in [1.54, 1.807) is 0 Å². The lowest BCUT2D eigenvalue weighted by Crippen LogP contribution is -2.32. The van der Waals surface area contributed by atoms with Gasteiger partial charge >= 0.3 is 11.9 Å². The van der Waals surface area contributed by atoms with Crippen molar-refractivity contribution in [2.24, 2.45) is 0 Å². The summed E-state index contributed by atoms with van der Waals surface area (Å²) >= 11 is 0. The molecule has 228 valence electrons. The van der Waals surface area contributed by atoms with Crippen molar-refractivity contribution in [3.63, 3.8) is 0 Å². The van der Waals surface area contributed by atoms with Gasteiger partial charge in [-0.05, 0) is 57.3 Å². The van der Waals surface area contributed by atoms with Gasteiger partial charge in [0.05, 0.1) is 5.41 Å². The Morgan fingerprint density at radius 3 is 1.72 bits per heavy atom. The van der Waals surface area contributed by atoms with E-state index in [-0.39, 0.29) is 26.4 Å². The van der Waals surface area contributed by atoms with Gasteiger partial charge in [0.1, 0.15) is 49.4 Å². The molecular weight excluding hydrogens is 580 g/mol. The highest BCUT2D eigenvalue weighted by atomic mass is 16.6. The molecular formula is C39H30O7. The highest BCUT2D eigenvalue weighted by Gasteiger charge is 2.51. The zero-order chi connectivity index (χ0) is 31.7. The maximum absolute atomic E-state index is 11.5. The Morgan fingerprint density at radius 1 is 0.587 bits per heavy atom. The SMILES string of the molecule is C=CC(=O)OCCOc1ccc2c(c1)Oc1cc(OCCOC(=O)C=C)ccc1C21c2ccccc2-c2cc3ccccc3cc21. The Morgan fingerprint density at radius 2 is 1.13 bits per heavy atom. The molecule has 0 radical (unpaired) electrons. The van der Waals surface area contributed by atoms with E-state index in [4.69, 9.17) is 23.7 Å². The topological polar surface area (TPSA) is 80.3 Å². The zero-order valence-corrected chi connectivity index (χ0v) is 25.0. The highest BCUT2D eigenvalue weighted by molar-refractivity contribution is 5.96. The van der Waals surface area contributed by atoms with Crippen LogP contribution in [0.5, 0.6) is 23.0 Å². The first-order valence-electron chi connectivity index (χ1n) is 15.0. The van der Waals surface area contributed by atoms with Crippen LogP contribution >= 0.6 is 0 Å². The van der Waals surface area contributed by atoms with Crippen LogP contribution in [0.2, 0.25) is 0 Å². The van der Waals surface area contributed by atoms with Crippen molar-refractivity contribution >= 4 is 22.7 Å². The van der Waals surface area contributed by atoms with Gasteiger partial charge in [0, 0.05) is 35.4 Å². The minimum Gasteiger partial charge on any atom is -0.490 e. The predicted molar refractivity (Wildman–Crippen MR) is 175 cm³/mol. The summed E-state index contributed by atoms with van der Waals surface area (Å²) in [5.41, 5.74) is 5.93. The van der Waals surface area contributed by atoms with E-state index in [9.17, 15) is 9.59 Å². The second kappa shape index (κ2) is 11.9. The number of rotatable bonds is 10. The molecule has 1 heterocycles. The fraction of sp³-hybridized carbons (Fsp3) is 0.128. The Bertz CT molecular complexity index is 1950. The molecule has 0 bridgehead atoms. The Balaban J connectivity index is 1.35. The summed E-state index contributed by atoms with van der Waals surface area (Å²) < 4.78 is 28.7. The van der Waals surface area contributed by atoms with Crippen molar-refractivity contribution in [2.45, 2.75) is 5.41 Å². The van der Waals surface area contributed by atoms with Gasteiger partial charge < -0.3 is 23.7 Å². The van der Waals surface area contributed by atoms with E-state index < -0.39 is 17.4 Å². The van der Waals surface area contributed by atoms with E-state index in [2.05, 4.69) is 86.0 Å². The van der Waals surface area contributed by atoms with Gasteiger partial charge in [0.15, 0.2) is 0 Å². The lowest BCUT2D eigenvalue weighted by Gasteiger charge is -2.39. The molecule has 0 unspecified atom stereocenters. The normalized spacial score (nSPS) is 13.0. The molecule has 1 aliphatic heterocycles. The van der Waals surface area contributed by atoms with E-state index in [1.165, 1.54) is 10.9 Å². The first kappa shape index (κ1) is 28.9. The molecule has 7 heteroatoms. The summed E-state index contributed by atoms with van der Waals surface area (Å²) in [6.45, 7) is 7.37. The van der Waals surface area contributed by atoms with Crippen LogP contribution < -0.4 is 14.2 Å². The van der Waals surface area contributed by atoms with Gasteiger partial charge in [0.25, 0.3) is 0 Å². The average molecular weight is 611 g/mol. The number of benzene rings is 5. The summed E-state index contributed by atoms with van der Waals surface area (Å²) in [4.78, 5) is 22.9. The van der Waals surface area contributed by atoms with Gasteiger partial charge in [-0.3, -0.25) is 0 Å². The van der Waals surface area contributed by atoms with Crippen LogP contribution in [0.15, 0.2) is 122 Å². The van der Waals surface area contributed by atoms with Crippen LogP contribution in [0.3, 0.4) is 0 Å².